The first-order chi connectivity index (χ1) is 10.8. The number of ether oxygens (including phenoxy) is 1. The number of rotatable bonds is 1. The molecule has 126 valence electrons. The number of aromatic nitrogens is 2. The second-order valence-electron chi connectivity index (χ2n) is 6.97. The van der Waals surface area contributed by atoms with Crippen molar-refractivity contribution in [2.75, 3.05) is 31.1 Å². The Labute approximate surface area is 141 Å². The van der Waals surface area contributed by atoms with E-state index in [4.69, 9.17) is 4.74 Å². The van der Waals surface area contributed by atoms with Crippen LogP contribution in [0.15, 0.2) is 6.33 Å². The van der Waals surface area contributed by atoms with Crippen LogP contribution in [0, 0.1) is 0 Å². The van der Waals surface area contributed by atoms with Crippen molar-refractivity contribution in [3.63, 3.8) is 0 Å². The highest BCUT2D eigenvalue weighted by Gasteiger charge is 2.30. The number of carbonyl (C=O) groups excluding carboxylic acids is 1. The Morgan fingerprint density at radius 2 is 1.96 bits per heavy atom. The highest BCUT2D eigenvalue weighted by atomic mass is 32.2. The van der Waals surface area contributed by atoms with Gasteiger partial charge in [0.1, 0.15) is 17.7 Å². The summed E-state index contributed by atoms with van der Waals surface area (Å²) in [5.41, 5.74) is 1.97. The lowest BCUT2D eigenvalue weighted by atomic mass is 10.1. The van der Waals surface area contributed by atoms with E-state index in [9.17, 15) is 4.79 Å². The molecule has 3 heterocycles. The first-order valence-corrected chi connectivity index (χ1v) is 9.08. The Kier molecular flexibility index (Phi) is 4.40. The van der Waals surface area contributed by atoms with Crippen LogP contribution < -0.4 is 4.90 Å². The van der Waals surface area contributed by atoms with Crippen molar-refractivity contribution in [1.29, 1.82) is 0 Å². The monoisotopic (exact) mass is 336 g/mol. The van der Waals surface area contributed by atoms with E-state index < -0.39 is 5.60 Å². The molecule has 6 nitrogen and oxygen atoms in total. The average Bonchev–Trinajstić information content (AvgIpc) is 2.87. The number of carbonyl (C=O) groups is 1. The predicted octanol–water partition coefficient (Wildman–Crippen LogP) is 2.84. The minimum Gasteiger partial charge on any atom is -0.444 e. The maximum absolute atomic E-state index is 12.2. The van der Waals surface area contributed by atoms with Crippen LogP contribution in [-0.2, 0) is 10.5 Å². The SMILES string of the molecule is C[C@H]1SCc2ncnc(N3CCN(C(=O)OC(C)(C)C)CC3)c21. The second-order valence-corrected chi connectivity index (χ2v) is 8.29. The van der Waals surface area contributed by atoms with Crippen molar-refractivity contribution >= 4 is 23.7 Å². The van der Waals surface area contributed by atoms with E-state index in [-0.39, 0.29) is 6.09 Å². The van der Waals surface area contributed by atoms with Gasteiger partial charge < -0.3 is 14.5 Å². The maximum Gasteiger partial charge on any atom is 0.410 e. The molecule has 0 N–H and O–H groups in total. The summed E-state index contributed by atoms with van der Waals surface area (Å²) in [5, 5.41) is 0.435. The standard InChI is InChI=1S/C16H24N4O2S/c1-11-13-12(9-23-11)17-10-18-14(13)19-5-7-20(8-6-19)15(21)22-16(2,3)4/h10-11H,5-9H2,1-4H3/t11-/m1/s1. The summed E-state index contributed by atoms with van der Waals surface area (Å²) < 4.78 is 5.45. The van der Waals surface area contributed by atoms with E-state index in [1.165, 1.54) is 5.56 Å². The molecule has 2 aliphatic rings. The topological polar surface area (TPSA) is 58.6 Å². The molecule has 7 heteroatoms. The molecule has 2 aliphatic heterocycles. The molecular formula is C16H24N4O2S. The Morgan fingerprint density at radius 3 is 2.61 bits per heavy atom. The average molecular weight is 336 g/mol. The molecule has 0 spiro atoms. The summed E-state index contributed by atoms with van der Waals surface area (Å²) >= 11 is 1.90. The van der Waals surface area contributed by atoms with Crippen molar-refractivity contribution in [3.8, 4) is 0 Å². The molecule has 23 heavy (non-hydrogen) atoms. The maximum atomic E-state index is 12.2. The normalized spacial score (nSPS) is 21.3. The first-order valence-electron chi connectivity index (χ1n) is 8.03. The Bertz CT molecular complexity index is 594. The van der Waals surface area contributed by atoms with Gasteiger partial charge in [-0.2, -0.15) is 0 Å². The van der Waals surface area contributed by atoms with Crippen LogP contribution in [0.3, 0.4) is 0 Å². The van der Waals surface area contributed by atoms with Crippen LogP contribution in [-0.4, -0.2) is 52.7 Å². The quantitative estimate of drug-likeness (QED) is 0.786. The van der Waals surface area contributed by atoms with E-state index in [1.54, 1.807) is 11.2 Å². The number of thioether (sulfide) groups is 1. The summed E-state index contributed by atoms with van der Waals surface area (Å²) in [6, 6.07) is 0. The van der Waals surface area contributed by atoms with E-state index >= 15 is 0 Å². The van der Waals surface area contributed by atoms with Crippen molar-refractivity contribution in [1.82, 2.24) is 14.9 Å². The smallest absolute Gasteiger partial charge is 0.410 e. The number of hydrogen-bond donors (Lipinski definition) is 0. The lowest BCUT2D eigenvalue weighted by molar-refractivity contribution is 0.0240. The van der Waals surface area contributed by atoms with E-state index in [2.05, 4.69) is 21.8 Å². The summed E-state index contributed by atoms with van der Waals surface area (Å²) in [4.78, 5) is 25.1. The zero-order valence-corrected chi connectivity index (χ0v) is 15.0. The van der Waals surface area contributed by atoms with Gasteiger partial charge in [0, 0.05) is 42.7 Å². The van der Waals surface area contributed by atoms with Gasteiger partial charge in [0.05, 0.1) is 5.69 Å². The van der Waals surface area contributed by atoms with E-state index in [0.29, 0.717) is 18.3 Å². The highest BCUT2D eigenvalue weighted by molar-refractivity contribution is 7.99. The summed E-state index contributed by atoms with van der Waals surface area (Å²) in [6.45, 7) is 10.8. The lowest BCUT2D eigenvalue weighted by Crippen LogP contribution is -2.50. The minimum atomic E-state index is -0.450. The molecule has 1 aromatic heterocycles. The summed E-state index contributed by atoms with van der Waals surface area (Å²) in [7, 11) is 0. The fourth-order valence-corrected chi connectivity index (χ4v) is 3.97. The van der Waals surface area contributed by atoms with Crippen molar-refractivity contribution in [2.45, 2.75) is 44.3 Å². The third kappa shape index (κ3) is 3.54. The molecule has 0 bridgehead atoms. The molecule has 0 unspecified atom stereocenters. The number of nitrogens with zero attached hydrogens (tertiary/aromatic N) is 4. The van der Waals surface area contributed by atoms with E-state index in [1.807, 2.05) is 32.5 Å². The third-order valence-electron chi connectivity index (χ3n) is 4.05. The fraction of sp³-hybridized carbons (Fsp3) is 0.688. The van der Waals surface area contributed by atoms with Gasteiger partial charge >= 0.3 is 6.09 Å². The van der Waals surface area contributed by atoms with Gasteiger partial charge in [0.15, 0.2) is 0 Å². The summed E-state index contributed by atoms with van der Waals surface area (Å²) in [5.74, 6) is 2.00. The Hall–Kier alpha value is -1.50. The largest absolute Gasteiger partial charge is 0.444 e. The van der Waals surface area contributed by atoms with Gasteiger partial charge in [-0.05, 0) is 27.7 Å². The van der Waals surface area contributed by atoms with Gasteiger partial charge in [0.2, 0.25) is 0 Å². The van der Waals surface area contributed by atoms with Crippen LogP contribution in [0.1, 0.15) is 44.2 Å². The number of amides is 1. The molecule has 1 saturated heterocycles. The molecule has 1 atom stereocenters. The van der Waals surface area contributed by atoms with Crippen LogP contribution in [0.5, 0.6) is 0 Å². The highest BCUT2D eigenvalue weighted by Crippen LogP contribution is 2.44. The second kappa shape index (κ2) is 6.19. The van der Waals surface area contributed by atoms with Crippen LogP contribution in [0.25, 0.3) is 0 Å². The number of piperazine rings is 1. The molecule has 1 amide bonds. The predicted molar refractivity (Wildman–Crippen MR) is 91.8 cm³/mol. The molecule has 1 fully saturated rings. The number of anilines is 1. The molecule has 3 rings (SSSR count). The molecular weight excluding hydrogens is 312 g/mol. The fourth-order valence-electron chi connectivity index (χ4n) is 2.92. The van der Waals surface area contributed by atoms with Crippen molar-refractivity contribution < 1.29 is 9.53 Å². The Morgan fingerprint density at radius 1 is 1.26 bits per heavy atom. The molecule has 0 aromatic carbocycles. The zero-order valence-electron chi connectivity index (χ0n) is 14.2. The Balaban J connectivity index is 1.67. The van der Waals surface area contributed by atoms with Crippen LogP contribution in [0.2, 0.25) is 0 Å². The van der Waals surface area contributed by atoms with Gasteiger partial charge in [-0.1, -0.05) is 0 Å². The zero-order chi connectivity index (χ0) is 16.6. The molecule has 0 saturated carbocycles. The van der Waals surface area contributed by atoms with Gasteiger partial charge in [-0.15, -0.1) is 11.8 Å². The third-order valence-corrected chi connectivity index (χ3v) is 5.23. The van der Waals surface area contributed by atoms with Crippen molar-refractivity contribution in [2.24, 2.45) is 0 Å². The molecule has 0 radical (unpaired) electrons. The van der Waals surface area contributed by atoms with Crippen molar-refractivity contribution in [3.05, 3.63) is 17.6 Å². The van der Waals surface area contributed by atoms with E-state index in [0.717, 1.165) is 30.4 Å². The molecule has 0 aliphatic carbocycles. The van der Waals surface area contributed by atoms with Gasteiger partial charge in [-0.3, -0.25) is 0 Å². The van der Waals surface area contributed by atoms with Crippen LogP contribution in [0.4, 0.5) is 10.6 Å². The molecule has 1 aromatic rings. The number of fused-ring (bicyclic) bond motifs is 1. The van der Waals surface area contributed by atoms with Crippen LogP contribution >= 0.6 is 11.8 Å². The number of hydrogen-bond acceptors (Lipinski definition) is 6. The first kappa shape index (κ1) is 16.4. The lowest BCUT2D eigenvalue weighted by Gasteiger charge is -2.36. The van der Waals surface area contributed by atoms with Gasteiger partial charge in [0.25, 0.3) is 0 Å². The minimum absolute atomic E-state index is 0.228. The summed E-state index contributed by atoms with van der Waals surface area (Å²) in [6.07, 6.45) is 1.43. The van der Waals surface area contributed by atoms with Gasteiger partial charge in [-0.25, -0.2) is 14.8 Å².